The second-order valence-electron chi connectivity index (χ2n) is 5.15. The molecule has 0 heterocycles. The molecule has 0 unspecified atom stereocenters. The Morgan fingerprint density at radius 1 is 1.07 bits per heavy atom. The summed E-state index contributed by atoms with van der Waals surface area (Å²) in [5, 5.41) is 11.0. The van der Waals surface area contributed by atoms with Crippen LogP contribution in [-0.4, -0.2) is 33.4 Å². The Balaban J connectivity index is 0.00000364. The number of anilines is 1. The standard InChI is InChI=1S/C14H14N2O8S2.Na/c1-9-3-5-10(6-4-9)25(19,20)15-11-7-14(26(21,22)23)12(16(17)18)8-13(11)24-2;/h3-8,15H,1-2H3,(H,21,22,23);/q;+1/p-1. The SMILES string of the molecule is COc1cc([N+](=O)[O-])c(S(=O)(=O)[O-])cc1NS(=O)(=O)c1ccc(C)cc1.[Na+]. The van der Waals surface area contributed by atoms with Crippen LogP contribution in [0.5, 0.6) is 5.75 Å². The molecular weight excluding hydrogens is 411 g/mol. The molecule has 0 saturated carbocycles. The zero-order valence-corrected chi connectivity index (χ0v) is 18.1. The van der Waals surface area contributed by atoms with Gasteiger partial charge in [-0.1, -0.05) is 17.7 Å². The summed E-state index contributed by atoms with van der Waals surface area (Å²) in [6.45, 7) is 1.76. The Bertz CT molecular complexity index is 1070. The van der Waals surface area contributed by atoms with Crippen molar-refractivity contribution in [2.75, 3.05) is 11.8 Å². The number of hydrogen-bond acceptors (Lipinski definition) is 8. The Hall–Kier alpha value is -1.70. The average molecular weight is 424 g/mol. The van der Waals surface area contributed by atoms with Gasteiger partial charge in [0.15, 0.2) is 0 Å². The van der Waals surface area contributed by atoms with Crippen molar-refractivity contribution in [3.63, 3.8) is 0 Å². The molecular formula is C14H13N2NaO8S2. The number of aryl methyl sites for hydroxylation is 1. The van der Waals surface area contributed by atoms with Crippen molar-refractivity contribution < 1.29 is 60.6 Å². The Labute approximate surface area is 177 Å². The van der Waals surface area contributed by atoms with Crippen molar-refractivity contribution in [3.05, 3.63) is 52.1 Å². The number of ether oxygens (including phenoxy) is 1. The normalized spacial score (nSPS) is 11.4. The first kappa shape index (κ1) is 23.3. The van der Waals surface area contributed by atoms with Crippen molar-refractivity contribution >= 4 is 31.5 Å². The average Bonchev–Trinajstić information content (AvgIpc) is 2.53. The first-order chi connectivity index (χ1) is 12.0. The number of nitro benzene ring substituents is 1. The third-order valence-electron chi connectivity index (χ3n) is 3.32. The van der Waals surface area contributed by atoms with Gasteiger partial charge in [0, 0.05) is 0 Å². The largest absolute Gasteiger partial charge is 1.00 e. The van der Waals surface area contributed by atoms with Gasteiger partial charge in [-0.3, -0.25) is 14.8 Å². The van der Waals surface area contributed by atoms with Crippen LogP contribution < -0.4 is 39.0 Å². The third kappa shape index (κ3) is 5.40. The van der Waals surface area contributed by atoms with E-state index in [1.165, 1.54) is 12.1 Å². The van der Waals surface area contributed by atoms with Gasteiger partial charge in [-0.25, -0.2) is 16.8 Å². The van der Waals surface area contributed by atoms with Crippen LogP contribution in [0.2, 0.25) is 0 Å². The van der Waals surface area contributed by atoms with E-state index in [0.717, 1.165) is 12.7 Å². The van der Waals surface area contributed by atoms with Gasteiger partial charge in [0.25, 0.3) is 15.7 Å². The van der Waals surface area contributed by atoms with E-state index in [0.29, 0.717) is 12.1 Å². The molecule has 0 aliphatic rings. The summed E-state index contributed by atoms with van der Waals surface area (Å²) < 4.78 is 65.7. The number of methoxy groups -OCH3 is 1. The van der Waals surface area contributed by atoms with Crippen LogP contribution in [0.1, 0.15) is 5.56 Å². The van der Waals surface area contributed by atoms with Gasteiger partial charge in [-0.05, 0) is 25.1 Å². The molecule has 1 N–H and O–H groups in total. The molecule has 0 bridgehead atoms. The molecule has 0 aromatic heterocycles. The van der Waals surface area contributed by atoms with Gasteiger partial charge in [0.2, 0.25) is 0 Å². The smallest absolute Gasteiger partial charge is 0.744 e. The van der Waals surface area contributed by atoms with E-state index in [-0.39, 0.29) is 40.2 Å². The fraction of sp³-hybridized carbons (Fsp3) is 0.143. The summed E-state index contributed by atoms with van der Waals surface area (Å²) >= 11 is 0. The van der Waals surface area contributed by atoms with Crippen molar-refractivity contribution in [3.8, 4) is 5.75 Å². The van der Waals surface area contributed by atoms with E-state index in [4.69, 9.17) is 4.74 Å². The monoisotopic (exact) mass is 424 g/mol. The Morgan fingerprint density at radius 3 is 2.07 bits per heavy atom. The first-order valence-electron chi connectivity index (χ1n) is 6.87. The van der Waals surface area contributed by atoms with E-state index in [2.05, 4.69) is 4.72 Å². The minimum atomic E-state index is -5.23. The molecule has 0 radical (unpaired) electrons. The molecule has 0 saturated heterocycles. The minimum absolute atomic E-state index is 0. The van der Waals surface area contributed by atoms with Crippen LogP contribution in [0.4, 0.5) is 11.4 Å². The zero-order valence-electron chi connectivity index (χ0n) is 14.5. The summed E-state index contributed by atoms with van der Waals surface area (Å²) in [7, 11) is -8.28. The van der Waals surface area contributed by atoms with Gasteiger partial charge in [0.1, 0.15) is 20.8 Å². The predicted octanol–water partition coefficient (Wildman–Crippen LogP) is -1.38. The zero-order chi connectivity index (χ0) is 19.7. The van der Waals surface area contributed by atoms with E-state index < -0.39 is 41.3 Å². The van der Waals surface area contributed by atoms with Crippen LogP contribution in [0.3, 0.4) is 0 Å². The molecule has 2 rings (SSSR count). The predicted molar refractivity (Wildman–Crippen MR) is 89.6 cm³/mol. The van der Waals surface area contributed by atoms with Gasteiger partial charge in [-0.2, -0.15) is 0 Å². The molecule has 10 nitrogen and oxygen atoms in total. The van der Waals surface area contributed by atoms with Crippen molar-refractivity contribution in [1.29, 1.82) is 0 Å². The molecule has 13 heteroatoms. The summed E-state index contributed by atoms with van der Waals surface area (Å²) in [6.07, 6.45) is 0. The fourth-order valence-electron chi connectivity index (χ4n) is 2.06. The van der Waals surface area contributed by atoms with Crippen LogP contribution in [0.15, 0.2) is 46.2 Å². The molecule has 140 valence electrons. The van der Waals surface area contributed by atoms with E-state index in [1.54, 1.807) is 19.1 Å². The molecule has 0 spiro atoms. The van der Waals surface area contributed by atoms with Crippen LogP contribution in [-0.2, 0) is 20.1 Å². The number of rotatable bonds is 6. The van der Waals surface area contributed by atoms with E-state index >= 15 is 0 Å². The number of nitrogens with one attached hydrogen (secondary N) is 1. The molecule has 0 fully saturated rings. The van der Waals surface area contributed by atoms with Gasteiger partial charge in [-0.15, -0.1) is 0 Å². The van der Waals surface area contributed by atoms with E-state index in [1.807, 2.05) is 0 Å². The Morgan fingerprint density at radius 2 is 1.63 bits per heavy atom. The number of nitro groups is 1. The third-order valence-corrected chi connectivity index (χ3v) is 5.57. The molecule has 0 aliphatic carbocycles. The van der Waals surface area contributed by atoms with Crippen LogP contribution in [0.25, 0.3) is 0 Å². The maximum atomic E-state index is 12.4. The maximum absolute atomic E-state index is 12.4. The van der Waals surface area contributed by atoms with Crippen LogP contribution in [0, 0.1) is 17.0 Å². The van der Waals surface area contributed by atoms with Gasteiger partial charge < -0.3 is 9.29 Å². The minimum Gasteiger partial charge on any atom is -0.744 e. The van der Waals surface area contributed by atoms with Crippen molar-refractivity contribution in [1.82, 2.24) is 0 Å². The van der Waals surface area contributed by atoms with Gasteiger partial charge in [0.05, 0.1) is 28.7 Å². The van der Waals surface area contributed by atoms with Crippen LogP contribution >= 0.6 is 0 Å². The van der Waals surface area contributed by atoms with E-state index in [9.17, 15) is 31.5 Å². The van der Waals surface area contributed by atoms with Gasteiger partial charge >= 0.3 is 29.6 Å². The van der Waals surface area contributed by atoms with Crippen molar-refractivity contribution in [2.45, 2.75) is 16.7 Å². The second-order valence-corrected chi connectivity index (χ2v) is 8.18. The Kier molecular flexibility index (Phi) is 7.38. The molecule has 0 amide bonds. The first-order valence-corrected chi connectivity index (χ1v) is 9.76. The number of benzene rings is 2. The molecule has 2 aromatic rings. The summed E-state index contributed by atoms with van der Waals surface area (Å²) in [6, 6.07) is 6.97. The summed E-state index contributed by atoms with van der Waals surface area (Å²) in [5.74, 6) is -0.320. The second kappa shape index (κ2) is 8.54. The fourth-order valence-corrected chi connectivity index (χ4v) is 3.77. The summed E-state index contributed by atoms with van der Waals surface area (Å²) in [4.78, 5) is 8.61. The molecule has 0 atom stereocenters. The quantitative estimate of drug-likeness (QED) is 0.257. The number of hydrogen-bond donors (Lipinski definition) is 1. The van der Waals surface area contributed by atoms with Crippen molar-refractivity contribution in [2.24, 2.45) is 0 Å². The molecule has 0 aliphatic heterocycles. The number of nitrogens with zero attached hydrogens (tertiary/aromatic N) is 1. The topological polar surface area (TPSA) is 156 Å². The summed E-state index contributed by atoms with van der Waals surface area (Å²) in [5.41, 5.74) is -0.625. The maximum Gasteiger partial charge on any atom is 1.00 e. The number of sulfonamides is 1. The molecule has 2 aromatic carbocycles. The molecule has 27 heavy (non-hydrogen) atoms.